The first-order valence-corrected chi connectivity index (χ1v) is 5.56. The zero-order chi connectivity index (χ0) is 10.7. The SMILES string of the molecule is CNc1nnc(N(C)Cc2ccsc2)[nH]1. The number of nitrogens with one attached hydrogen (secondary N) is 2. The van der Waals surface area contributed by atoms with Crippen molar-refractivity contribution < 1.29 is 0 Å². The van der Waals surface area contributed by atoms with Gasteiger partial charge in [0.25, 0.3) is 0 Å². The predicted molar refractivity (Wildman–Crippen MR) is 62.4 cm³/mol. The van der Waals surface area contributed by atoms with E-state index in [-0.39, 0.29) is 0 Å². The number of anilines is 2. The van der Waals surface area contributed by atoms with E-state index in [4.69, 9.17) is 0 Å². The first-order valence-electron chi connectivity index (χ1n) is 4.62. The van der Waals surface area contributed by atoms with Gasteiger partial charge in [-0.1, -0.05) is 0 Å². The third-order valence-corrected chi connectivity index (χ3v) is 2.81. The summed E-state index contributed by atoms with van der Waals surface area (Å²) < 4.78 is 0. The normalized spacial score (nSPS) is 10.3. The molecule has 5 nitrogen and oxygen atoms in total. The summed E-state index contributed by atoms with van der Waals surface area (Å²) >= 11 is 1.70. The van der Waals surface area contributed by atoms with Crippen molar-refractivity contribution in [2.75, 3.05) is 24.3 Å². The van der Waals surface area contributed by atoms with Crippen molar-refractivity contribution in [3.05, 3.63) is 22.4 Å². The van der Waals surface area contributed by atoms with Gasteiger partial charge in [0.1, 0.15) is 0 Å². The van der Waals surface area contributed by atoms with Crippen molar-refractivity contribution in [1.82, 2.24) is 15.2 Å². The summed E-state index contributed by atoms with van der Waals surface area (Å²) in [6.45, 7) is 0.835. The van der Waals surface area contributed by atoms with Gasteiger partial charge in [-0.25, -0.2) is 0 Å². The van der Waals surface area contributed by atoms with E-state index in [1.165, 1.54) is 5.56 Å². The zero-order valence-corrected chi connectivity index (χ0v) is 9.51. The summed E-state index contributed by atoms with van der Waals surface area (Å²) in [6, 6.07) is 2.11. The van der Waals surface area contributed by atoms with Gasteiger partial charge in [0.15, 0.2) is 0 Å². The highest BCUT2D eigenvalue weighted by molar-refractivity contribution is 7.07. The minimum Gasteiger partial charge on any atom is -0.358 e. The van der Waals surface area contributed by atoms with E-state index in [0.29, 0.717) is 5.95 Å². The van der Waals surface area contributed by atoms with Crippen molar-refractivity contribution in [2.24, 2.45) is 0 Å². The second kappa shape index (κ2) is 4.31. The number of hydrogen-bond acceptors (Lipinski definition) is 5. The summed E-state index contributed by atoms with van der Waals surface area (Å²) in [5.74, 6) is 1.45. The molecule has 0 aliphatic heterocycles. The number of hydrogen-bond donors (Lipinski definition) is 2. The molecule has 0 atom stereocenters. The lowest BCUT2D eigenvalue weighted by atomic mass is 10.3. The maximum Gasteiger partial charge on any atom is 0.226 e. The minimum atomic E-state index is 0.683. The molecule has 0 fully saturated rings. The van der Waals surface area contributed by atoms with Crippen LogP contribution in [0.4, 0.5) is 11.9 Å². The van der Waals surface area contributed by atoms with E-state index in [1.54, 1.807) is 11.3 Å². The fourth-order valence-corrected chi connectivity index (χ4v) is 1.93. The molecule has 0 saturated carbocycles. The van der Waals surface area contributed by atoms with Crippen LogP contribution in [0.2, 0.25) is 0 Å². The lowest BCUT2D eigenvalue weighted by Gasteiger charge is -2.13. The van der Waals surface area contributed by atoms with Crippen LogP contribution in [0.5, 0.6) is 0 Å². The lowest BCUT2D eigenvalue weighted by molar-refractivity contribution is 0.874. The molecule has 80 valence electrons. The van der Waals surface area contributed by atoms with Crippen molar-refractivity contribution >= 4 is 23.2 Å². The topological polar surface area (TPSA) is 56.8 Å². The van der Waals surface area contributed by atoms with Gasteiger partial charge in [0, 0.05) is 20.6 Å². The van der Waals surface area contributed by atoms with Crippen molar-refractivity contribution in [2.45, 2.75) is 6.54 Å². The Hall–Kier alpha value is -1.56. The van der Waals surface area contributed by atoms with Crippen LogP contribution in [0, 0.1) is 0 Å². The third kappa shape index (κ3) is 2.27. The molecule has 0 spiro atoms. The van der Waals surface area contributed by atoms with Gasteiger partial charge >= 0.3 is 0 Å². The van der Waals surface area contributed by atoms with Crippen LogP contribution in [-0.4, -0.2) is 29.3 Å². The second-order valence-electron chi connectivity index (χ2n) is 3.23. The quantitative estimate of drug-likeness (QED) is 0.825. The average Bonchev–Trinajstić information content (AvgIpc) is 2.86. The van der Waals surface area contributed by atoms with Gasteiger partial charge in [-0.15, -0.1) is 10.2 Å². The van der Waals surface area contributed by atoms with Crippen LogP contribution in [-0.2, 0) is 6.54 Å². The predicted octanol–water partition coefficient (Wildman–Crippen LogP) is 1.54. The van der Waals surface area contributed by atoms with Crippen LogP contribution >= 0.6 is 11.3 Å². The molecule has 2 aromatic heterocycles. The van der Waals surface area contributed by atoms with Crippen LogP contribution in [0.15, 0.2) is 16.8 Å². The Balaban J connectivity index is 2.04. The molecule has 15 heavy (non-hydrogen) atoms. The number of thiophene rings is 1. The maximum atomic E-state index is 4.03. The highest BCUT2D eigenvalue weighted by Crippen LogP contribution is 2.13. The van der Waals surface area contributed by atoms with Gasteiger partial charge in [-0.3, -0.25) is 4.98 Å². The van der Waals surface area contributed by atoms with Crippen LogP contribution in [0.3, 0.4) is 0 Å². The van der Waals surface area contributed by atoms with E-state index in [1.807, 2.05) is 19.0 Å². The van der Waals surface area contributed by atoms with Gasteiger partial charge in [-0.2, -0.15) is 11.3 Å². The summed E-state index contributed by atoms with van der Waals surface area (Å²) in [6.07, 6.45) is 0. The molecule has 2 N–H and O–H groups in total. The number of H-pyrrole nitrogens is 1. The van der Waals surface area contributed by atoms with E-state index in [0.717, 1.165) is 12.5 Å². The molecule has 2 aromatic rings. The Morgan fingerprint density at radius 1 is 1.53 bits per heavy atom. The molecule has 0 unspecified atom stereocenters. The molecular formula is C9H13N5S. The number of aromatic amines is 1. The van der Waals surface area contributed by atoms with Gasteiger partial charge in [-0.05, 0) is 22.4 Å². The molecule has 0 aliphatic rings. The summed E-state index contributed by atoms with van der Waals surface area (Å²) in [5.41, 5.74) is 1.28. The first-order chi connectivity index (χ1) is 7.29. The molecule has 0 bridgehead atoms. The molecule has 6 heteroatoms. The summed E-state index contributed by atoms with van der Waals surface area (Å²) in [5, 5.41) is 15.1. The standard InChI is InChI=1S/C9H13N5S/c1-10-8-11-9(13-12-8)14(2)5-7-3-4-15-6-7/h3-4,6H,5H2,1-2H3,(H2,10,11,12,13). The van der Waals surface area contributed by atoms with Gasteiger partial charge in [0.05, 0.1) is 0 Å². The lowest BCUT2D eigenvalue weighted by Crippen LogP contribution is -2.17. The number of rotatable bonds is 4. The highest BCUT2D eigenvalue weighted by atomic mass is 32.1. The first kappa shape index (κ1) is 9.97. The smallest absolute Gasteiger partial charge is 0.226 e. The Labute approximate surface area is 92.2 Å². The fraction of sp³-hybridized carbons (Fsp3) is 0.333. The highest BCUT2D eigenvalue weighted by Gasteiger charge is 2.07. The largest absolute Gasteiger partial charge is 0.358 e. The zero-order valence-electron chi connectivity index (χ0n) is 8.69. The Morgan fingerprint density at radius 2 is 2.40 bits per heavy atom. The molecule has 0 radical (unpaired) electrons. The van der Waals surface area contributed by atoms with Crippen LogP contribution in [0.25, 0.3) is 0 Å². The van der Waals surface area contributed by atoms with Crippen molar-refractivity contribution in [1.29, 1.82) is 0 Å². The molecule has 0 aliphatic carbocycles. The Bertz CT molecular complexity index is 408. The molecule has 2 rings (SSSR count). The monoisotopic (exact) mass is 223 g/mol. The number of nitrogens with zero attached hydrogens (tertiary/aromatic N) is 3. The van der Waals surface area contributed by atoms with Crippen LogP contribution in [0.1, 0.15) is 5.56 Å². The Morgan fingerprint density at radius 3 is 3.00 bits per heavy atom. The summed E-state index contributed by atoms with van der Waals surface area (Å²) in [7, 11) is 3.79. The van der Waals surface area contributed by atoms with Gasteiger partial charge in [0.2, 0.25) is 11.9 Å². The summed E-state index contributed by atoms with van der Waals surface area (Å²) in [4.78, 5) is 5.09. The van der Waals surface area contributed by atoms with E-state index in [9.17, 15) is 0 Å². The second-order valence-corrected chi connectivity index (χ2v) is 4.01. The fourth-order valence-electron chi connectivity index (χ4n) is 1.27. The van der Waals surface area contributed by atoms with Crippen molar-refractivity contribution in [3.8, 4) is 0 Å². The molecular weight excluding hydrogens is 210 g/mol. The Kier molecular flexibility index (Phi) is 2.86. The number of aromatic nitrogens is 3. The maximum absolute atomic E-state index is 4.03. The average molecular weight is 223 g/mol. The van der Waals surface area contributed by atoms with Crippen LogP contribution < -0.4 is 10.2 Å². The third-order valence-electron chi connectivity index (χ3n) is 2.07. The molecule has 0 amide bonds. The molecule has 0 aromatic carbocycles. The minimum absolute atomic E-state index is 0.683. The molecule has 2 heterocycles. The van der Waals surface area contributed by atoms with Gasteiger partial charge < -0.3 is 10.2 Å². The van der Waals surface area contributed by atoms with E-state index < -0.39 is 0 Å². The van der Waals surface area contributed by atoms with Crippen molar-refractivity contribution in [3.63, 3.8) is 0 Å². The van der Waals surface area contributed by atoms with E-state index in [2.05, 4.69) is 37.3 Å². The molecule has 0 saturated heterocycles. The van der Waals surface area contributed by atoms with E-state index >= 15 is 0 Å².